The van der Waals surface area contributed by atoms with E-state index in [2.05, 4.69) is 23.1 Å². The van der Waals surface area contributed by atoms with Gasteiger partial charge in [-0.05, 0) is 86.8 Å². The first-order valence-corrected chi connectivity index (χ1v) is 15.0. The quantitative estimate of drug-likeness (QED) is 0.196. The first kappa shape index (κ1) is 29.4. The summed E-state index contributed by atoms with van der Waals surface area (Å²) in [6.45, 7) is 8.16. The number of hydrogen-bond acceptors (Lipinski definition) is 7. The molecule has 0 N–H and O–H groups in total. The van der Waals surface area contributed by atoms with Crippen LogP contribution in [0.25, 0.3) is 5.52 Å². The molecular formula is C31H39N3O5S. The SMILES string of the molecule is COc1ccc(CCN(C)CCCOc2ccc(S(=O)(=O)c3c(C(C)C)nn4c(C)cccc34)cc2)cc1OC. The van der Waals surface area contributed by atoms with Crippen LogP contribution in [-0.4, -0.2) is 63.9 Å². The van der Waals surface area contributed by atoms with Gasteiger partial charge in [-0.15, -0.1) is 0 Å². The molecule has 2 heterocycles. The number of likely N-dealkylation sites (N-methyl/N-ethyl adjacent to an activating group) is 1. The summed E-state index contributed by atoms with van der Waals surface area (Å²) in [5, 5.41) is 4.63. The monoisotopic (exact) mass is 565 g/mol. The fourth-order valence-corrected chi connectivity index (χ4v) is 6.39. The topological polar surface area (TPSA) is 82.4 Å². The Morgan fingerprint density at radius 2 is 1.68 bits per heavy atom. The van der Waals surface area contributed by atoms with Crippen molar-refractivity contribution in [1.82, 2.24) is 14.5 Å². The Bertz CT molecular complexity index is 1550. The van der Waals surface area contributed by atoms with Gasteiger partial charge in [0, 0.05) is 18.8 Å². The molecule has 40 heavy (non-hydrogen) atoms. The molecule has 214 valence electrons. The fraction of sp³-hybridized carbons (Fsp3) is 0.387. The Morgan fingerprint density at radius 1 is 0.950 bits per heavy atom. The van der Waals surface area contributed by atoms with Gasteiger partial charge in [-0.1, -0.05) is 26.0 Å². The van der Waals surface area contributed by atoms with Crippen molar-refractivity contribution in [3.63, 3.8) is 0 Å². The highest BCUT2D eigenvalue weighted by atomic mass is 32.2. The van der Waals surface area contributed by atoms with Crippen LogP contribution in [0.2, 0.25) is 0 Å². The number of aromatic nitrogens is 2. The molecule has 0 aliphatic heterocycles. The lowest BCUT2D eigenvalue weighted by molar-refractivity contribution is 0.264. The second kappa shape index (κ2) is 12.7. The molecule has 8 nitrogen and oxygen atoms in total. The van der Waals surface area contributed by atoms with Crippen molar-refractivity contribution in [3.05, 3.63) is 77.6 Å². The number of methoxy groups -OCH3 is 2. The van der Waals surface area contributed by atoms with Gasteiger partial charge in [0.25, 0.3) is 0 Å². The molecule has 0 radical (unpaired) electrons. The number of nitrogens with zero attached hydrogens (tertiary/aromatic N) is 3. The highest BCUT2D eigenvalue weighted by Gasteiger charge is 2.29. The van der Waals surface area contributed by atoms with Gasteiger partial charge in [0.15, 0.2) is 11.5 Å². The normalized spacial score (nSPS) is 11.9. The summed E-state index contributed by atoms with van der Waals surface area (Å²) in [6.07, 6.45) is 1.75. The minimum atomic E-state index is -3.77. The summed E-state index contributed by atoms with van der Waals surface area (Å²) < 4.78 is 45.8. The Hall–Kier alpha value is -3.56. The molecule has 0 amide bonds. The van der Waals surface area contributed by atoms with Crippen LogP contribution < -0.4 is 14.2 Å². The predicted molar refractivity (Wildman–Crippen MR) is 157 cm³/mol. The van der Waals surface area contributed by atoms with Gasteiger partial charge in [-0.2, -0.15) is 5.10 Å². The van der Waals surface area contributed by atoms with Crippen molar-refractivity contribution < 1.29 is 22.6 Å². The Morgan fingerprint density at radius 3 is 2.35 bits per heavy atom. The summed E-state index contributed by atoms with van der Waals surface area (Å²) in [4.78, 5) is 2.77. The van der Waals surface area contributed by atoms with Crippen LogP contribution >= 0.6 is 0 Å². The largest absolute Gasteiger partial charge is 0.494 e. The number of fused-ring (bicyclic) bond motifs is 1. The van der Waals surface area contributed by atoms with Gasteiger partial charge >= 0.3 is 0 Å². The van der Waals surface area contributed by atoms with Crippen molar-refractivity contribution >= 4 is 15.4 Å². The third-order valence-corrected chi connectivity index (χ3v) is 8.81. The highest BCUT2D eigenvalue weighted by molar-refractivity contribution is 7.91. The molecule has 4 rings (SSSR count). The zero-order chi connectivity index (χ0) is 28.9. The summed E-state index contributed by atoms with van der Waals surface area (Å²) in [7, 11) is 1.60. The van der Waals surface area contributed by atoms with Crippen molar-refractivity contribution in [2.75, 3.05) is 41.0 Å². The van der Waals surface area contributed by atoms with Crippen molar-refractivity contribution in [1.29, 1.82) is 0 Å². The molecule has 2 aromatic heterocycles. The molecular weight excluding hydrogens is 526 g/mol. The van der Waals surface area contributed by atoms with Crippen LogP contribution in [0.5, 0.6) is 17.2 Å². The van der Waals surface area contributed by atoms with E-state index in [1.807, 2.05) is 45.0 Å². The molecule has 2 aromatic carbocycles. The summed E-state index contributed by atoms with van der Waals surface area (Å²) in [5.41, 5.74) is 3.25. The maximum absolute atomic E-state index is 13.7. The standard InChI is InChI=1S/C31H39N3O5S/c1-22(2)30-31(27-10-7-9-23(3)34(27)32-30)40(35,36)26-14-12-25(13-15-26)39-20-8-18-33(4)19-17-24-11-16-28(37-5)29(21-24)38-6/h7,9-16,21-22H,8,17-20H2,1-6H3. The molecule has 0 atom stereocenters. The number of sulfone groups is 1. The zero-order valence-corrected chi connectivity index (χ0v) is 25.0. The fourth-order valence-electron chi connectivity index (χ4n) is 4.68. The van der Waals surface area contributed by atoms with Crippen LogP contribution in [0.3, 0.4) is 0 Å². The minimum absolute atomic E-state index is 0.0381. The molecule has 0 aliphatic rings. The van der Waals surface area contributed by atoms with Crippen LogP contribution in [0.4, 0.5) is 0 Å². The number of rotatable bonds is 13. The summed E-state index contributed by atoms with van der Waals surface area (Å²) >= 11 is 0. The zero-order valence-electron chi connectivity index (χ0n) is 24.2. The van der Waals surface area contributed by atoms with Crippen molar-refractivity contribution in [3.8, 4) is 17.2 Å². The molecule has 0 saturated heterocycles. The Labute approximate surface area is 237 Å². The van der Waals surface area contributed by atoms with Gasteiger partial charge in [0.1, 0.15) is 10.6 Å². The smallest absolute Gasteiger partial charge is 0.210 e. The lowest BCUT2D eigenvalue weighted by Crippen LogP contribution is -2.23. The van der Waals surface area contributed by atoms with E-state index in [1.54, 1.807) is 49.1 Å². The predicted octanol–water partition coefficient (Wildman–Crippen LogP) is 5.56. The van der Waals surface area contributed by atoms with Gasteiger partial charge in [0.05, 0.1) is 36.9 Å². The van der Waals surface area contributed by atoms with E-state index < -0.39 is 9.84 Å². The highest BCUT2D eigenvalue weighted by Crippen LogP contribution is 2.33. The Kier molecular flexibility index (Phi) is 9.37. The Balaban J connectivity index is 1.33. The maximum Gasteiger partial charge on any atom is 0.210 e. The molecule has 0 aliphatic carbocycles. The summed E-state index contributed by atoms with van der Waals surface area (Å²) in [5.74, 6) is 2.08. The van der Waals surface area contributed by atoms with Gasteiger partial charge in [-0.3, -0.25) is 0 Å². The van der Waals surface area contributed by atoms with E-state index >= 15 is 0 Å². The van der Waals surface area contributed by atoms with Gasteiger partial charge in [-0.25, -0.2) is 12.9 Å². The minimum Gasteiger partial charge on any atom is -0.494 e. The molecule has 9 heteroatoms. The number of ether oxygens (including phenoxy) is 3. The number of aryl methyl sites for hydroxylation is 1. The van der Waals surface area contributed by atoms with E-state index in [-0.39, 0.29) is 15.7 Å². The van der Waals surface area contributed by atoms with E-state index in [9.17, 15) is 8.42 Å². The second-order valence-corrected chi connectivity index (χ2v) is 12.1. The molecule has 0 spiro atoms. The third kappa shape index (κ3) is 6.42. The molecule has 0 fully saturated rings. The average molecular weight is 566 g/mol. The molecule has 0 unspecified atom stereocenters. The molecule has 0 saturated carbocycles. The van der Waals surface area contributed by atoms with E-state index in [1.165, 1.54) is 5.56 Å². The van der Waals surface area contributed by atoms with Crippen LogP contribution in [0, 0.1) is 6.92 Å². The average Bonchev–Trinajstić information content (AvgIpc) is 3.37. The van der Waals surface area contributed by atoms with Gasteiger partial charge in [0.2, 0.25) is 9.84 Å². The van der Waals surface area contributed by atoms with E-state index in [0.29, 0.717) is 23.6 Å². The second-order valence-electron chi connectivity index (χ2n) is 10.3. The van der Waals surface area contributed by atoms with Gasteiger partial charge < -0.3 is 19.1 Å². The number of hydrogen-bond donors (Lipinski definition) is 0. The van der Waals surface area contributed by atoms with Crippen molar-refractivity contribution in [2.45, 2.75) is 49.3 Å². The first-order valence-electron chi connectivity index (χ1n) is 13.5. The van der Waals surface area contributed by atoms with Crippen LogP contribution in [0.1, 0.15) is 43.1 Å². The third-order valence-electron chi connectivity index (χ3n) is 6.96. The van der Waals surface area contributed by atoms with Crippen molar-refractivity contribution in [2.24, 2.45) is 0 Å². The summed E-state index contributed by atoms with van der Waals surface area (Å²) in [6, 6.07) is 18.3. The number of benzene rings is 2. The lowest BCUT2D eigenvalue weighted by Gasteiger charge is -2.17. The number of pyridine rings is 1. The van der Waals surface area contributed by atoms with E-state index in [0.717, 1.165) is 43.1 Å². The molecule has 4 aromatic rings. The molecule has 0 bridgehead atoms. The van der Waals surface area contributed by atoms with Crippen LogP contribution in [-0.2, 0) is 16.3 Å². The maximum atomic E-state index is 13.7. The first-order chi connectivity index (χ1) is 19.1. The van der Waals surface area contributed by atoms with E-state index in [4.69, 9.17) is 14.2 Å². The lowest BCUT2D eigenvalue weighted by atomic mass is 10.1. The van der Waals surface area contributed by atoms with Crippen LogP contribution in [0.15, 0.2) is 70.5 Å².